The van der Waals surface area contributed by atoms with Gasteiger partial charge in [0.25, 0.3) is 5.91 Å². The summed E-state index contributed by atoms with van der Waals surface area (Å²) in [6.45, 7) is 1.09. The fourth-order valence-corrected chi connectivity index (χ4v) is 2.09. The summed E-state index contributed by atoms with van der Waals surface area (Å²) in [7, 11) is 1.56. The standard InChI is InChI=1S/C14H17ClN6O3/c1-24-5-4-16-12(22)2-3-17-14(23)10-6-11(15)13(18-7-10)21-8-19-20-9-21/h6-9H,2-5H2,1H3,(H,16,22)(H,17,23). The van der Waals surface area contributed by atoms with E-state index < -0.39 is 0 Å². The fourth-order valence-electron chi connectivity index (χ4n) is 1.83. The van der Waals surface area contributed by atoms with Crippen molar-refractivity contribution in [1.29, 1.82) is 0 Å². The van der Waals surface area contributed by atoms with Gasteiger partial charge in [0.05, 0.1) is 17.2 Å². The smallest absolute Gasteiger partial charge is 0.252 e. The molecule has 2 heterocycles. The third kappa shape index (κ3) is 5.00. The van der Waals surface area contributed by atoms with Gasteiger partial charge in [0.15, 0.2) is 5.82 Å². The molecular formula is C14H17ClN6O3. The van der Waals surface area contributed by atoms with Gasteiger partial charge in [-0.3, -0.25) is 14.2 Å². The number of aromatic nitrogens is 4. The van der Waals surface area contributed by atoms with Crippen LogP contribution in [0.2, 0.25) is 5.02 Å². The highest BCUT2D eigenvalue weighted by atomic mass is 35.5. The number of nitrogens with zero attached hydrogens (tertiary/aromatic N) is 4. The topological polar surface area (TPSA) is 111 Å². The van der Waals surface area contributed by atoms with E-state index in [9.17, 15) is 9.59 Å². The number of amides is 2. The van der Waals surface area contributed by atoms with Crippen LogP contribution in [0.25, 0.3) is 5.82 Å². The number of hydrogen-bond acceptors (Lipinski definition) is 6. The summed E-state index contributed by atoms with van der Waals surface area (Å²) in [4.78, 5) is 27.7. The van der Waals surface area contributed by atoms with Gasteiger partial charge in [-0.15, -0.1) is 10.2 Å². The van der Waals surface area contributed by atoms with Crippen LogP contribution in [0.15, 0.2) is 24.9 Å². The molecule has 0 fully saturated rings. The first-order valence-electron chi connectivity index (χ1n) is 7.16. The number of methoxy groups -OCH3 is 1. The number of nitrogens with one attached hydrogen (secondary N) is 2. The molecule has 128 valence electrons. The van der Waals surface area contributed by atoms with Crippen LogP contribution in [-0.2, 0) is 9.53 Å². The van der Waals surface area contributed by atoms with Crippen LogP contribution >= 0.6 is 11.6 Å². The molecule has 0 saturated heterocycles. The lowest BCUT2D eigenvalue weighted by molar-refractivity contribution is -0.121. The molecule has 0 atom stereocenters. The van der Waals surface area contributed by atoms with Crippen LogP contribution in [0, 0.1) is 0 Å². The first kappa shape index (κ1) is 17.8. The van der Waals surface area contributed by atoms with Crippen molar-refractivity contribution in [2.75, 3.05) is 26.8 Å². The Bertz CT molecular complexity index is 692. The van der Waals surface area contributed by atoms with Gasteiger partial charge in [-0.05, 0) is 6.07 Å². The van der Waals surface area contributed by atoms with Gasteiger partial charge in [-0.1, -0.05) is 11.6 Å². The van der Waals surface area contributed by atoms with E-state index in [1.54, 1.807) is 7.11 Å². The second-order valence-corrected chi connectivity index (χ2v) is 5.15. The zero-order valence-corrected chi connectivity index (χ0v) is 13.8. The molecule has 0 radical (unpaired) electrons. The molecule has 2 aromatic heterocycles. The predicted molar refractivity (Wildman–Crippen MR) is 86.0 cm³/mol. The second-order valence-electron chi connectivity index (χ2n) is 4.75. The summed E-state index contributed by atoms with van der Waals surface area (Å²) in [6, 6.07) is 1.50. The molecule has 9 nitrogen and oxygen atoms in total. The summed E-state index contributed by atoms with van der Waals surface area (Å²) < 4.78 is 6.36. The van der Waals surface area contributed by atoms with E-state index in [0.717, 1.165) is 0 Å². The summed E-state index contributed by atoms with van der Waals surface area (Å²) >= 11 is 6.13. The number of hydrogen-bond donors (Lipinski definition) is 2. The van der Waals surface area contributed by atoms with Crippen LogP contribution in [0.4, 0.5) is 0 Å². The number of ether oxygens (including phenoxy) is 1. The molecule has 0 bridgehead atoms. The third-order valence-corrected chi connectivity index (χ3v) is 3.29. The average molecular weight is 353 g/mol. The number of carbonyl (C=O) groups is 2. The molecule has 2 amide bonds. The molecule has 0 aliphatic heterocycles. The monoisotopic (exact) mass is 352 g/mol. The fraction of sp³-hybridized carbons (Fsp3) is 0.357. The molecule has 0 aliphatic carbocycles. The maximum absolute atomic E-state index is 12.0. The number of pyridine rings is 1. The van der Waals surface area contributed by atoms with Crippen molar-refractivity contribution in [3.05, 3.63) is 35.5 Å². The predicted octanol–water partition coefficient (Wildman–Crippen LogP) is 0.198. The molecule has 2 N–H and O–H groups in total. The molecule has 10 heteroatoms. The van der Waals surface area contributed by atoms with Crippen molar-refractivity contribution in [3.63, 3.8) is 0 Å². The Hall–Kier alpha value is -2.52. The van der Waals surface area contributed by atoms with Gasteiger partial charge in [-0.25, -0.2) is 4.98 Å². The average Bonchev–Trinajstić information content (AvgIpc) is 3.09. The summed E-state index contributed by atoms with van der Waals surface area (Å²) in [5.74, 6) is -0.0911. The van der Waals surface area contributed by atoms with Gasteiger partial charge >= 0.3 is 0 Å². The highest BCUT2D eigenvalue weighted by molar-refractivity contribution is 6.32. The second kappa shape index (κ2) is 8.94. The SMILES string of the molecule is COCCNC(=O)CCNC(=O)c1cnc(-n2cnnc2)c(Cl)c1. The van der Waals surface area contributed by atoms with Gasteiger partial charge in [0.2, 0.25) is 5.91 Å². The van der Waals surface area contributed by atoms with Crippen LogP contribution in [0.5, 0.6) is 0 Å². The van der Waals surface area contributed by atoms with Gasteiger partial charge in [0, 0.05) is 32.8 Å². The Labute approximate surface area is 143 Å². The maximum atomic E-state index is 12.0. The molecule has 0 saturated carbocycles. The van der Waals surface area contributed by atoms with E-state index in [1.165, 1.54) is 29.5 Å². The van der Waals surface area contributed by atoms with Crippen LogP contribution in [0.3, 0.4) is 0 Å². The molecule has 0 aliphatic rings. The Kier molecular flexibility index (Phi) is 6.64. The van der Waals surface area contributed by atoms with Crippen molar-refractivity contribution in [1.82, 2.24) is 30.4 Å². The number of halogens is 1. The molecular weight excluding hydrogens is 336 g/mol. The Morgan fingerprint density at radius 2 is 2.00 bits per heavy atom. The van der Waals surface area contributed by atoms with Crippen LogP contribution < -0.4 is 10.6 Å². The van der Waals surface area contributed by atoms with E-state index in [1.807, 2.05) is 0 Å². The first-order chi connectivity index (χ1) is 11.6. The van der Waals surface area contributed by atoms with E-state index in [2.05, 4.69) is 25.8 Å². The lowest BCUT2D eigenvalue weighted by Gasteiger charge is -2.08. The first-order valence-corrected chi connectivity index (χ1v) is 7.54. The minimum absolute atomic E-state index is 0.161. The van der Waals surface area contributed by atoms with E-state index in [0.29, 0.717) is 29.6 Å². The lowest BCUT2D eigenvalue weighted by atomic mass is 10.2. The zero-order chi connectivity index (χ0) is 17.4. The molecule has 0 aromatic carbocycles. The molecule has 2 rings (SSSR count). The zero-order valence-electron chi connectivity index (χ0n) is 13.0. The Morgan fingerprint density at radius 3 is 2.67 bits per heavy atom. The van der Waals surface area contributed by atoms with Gasteiger partial charge in [0.1, 0.15) is 12.7 Å². The highest BCUT2D eigenvalue weighted by Crippen LogP contribution is 2.18. The normalized spacial score (nSPS) is 10.4. The number of rotatable bonds is 8. The Morgan fingerprint density at radius 1 is 1.25 bits per heavy atom. The summed E-state index contributed by atoms with van der Waals surface area (Å²) in [5, 5.41) is 12.9. The molecule has 0 unspecified atom stereocenters. The van der Waals surface area contributed by atoms with E-state index in [-0.39, 0.29) is 24.8 Å². The highest BCUT2D eigenvalue weighted by Gasteiger charge is 2.11. The number of carbonyl (C=O) groups excluding carboxylic acids is 2. The van der Waals surface area contributed by atoms with Crippen molar-refractivity contribution in [2.45, 2.75) is 6.42 Å². The minimum Gasteiger partial charge on any atom is -0.383 e. The maximum Gasteiger partial charge on any atom is 0.252 e. The van der Waals surface area contributed by atoms with E-state index in [4.69, 9.17) is 16.3 Å². The lowest BCUT2D eigenvalue weighted by Crippen LogP contribution is -2.32. The largest absolute Gasteiger partial charge is 0.383 e. The van der Waals surface area contributed by atoms with Crippen molar-refractivity contribution < 1.29 is 14.3 Å². The molecule has 0 spiro atoms. The summed E-state index contributed by atoms with van der Waals surface area (Å²) in [5.41, 5.74) is 0.302. The third-order valence-electron chi connectivity index (χ3n) is 3.01. The van der Waals surface area contributed by atoms with Gasteiger partial charge in [-0.2, -0.15) is 0 Å². The Balaban J connectivity index is 1.85. The summed E-state index contributed by atoms with van der Waals surface area (Å²) in [6.07, 6.45) is 4.48. The van der Waals surface area contributed by atoms with Crippen LogP contribution in [-0.4, -0.2) is 58.4 Å². The molecule has 24 heavy (non-hydrogen) atoms. The van der Waals surface area contributed by atoms with Crippen LogP contribution in [0.1, 0.15) is 16.8 Å². The van der Waals surface area contributed by atoms with Crippen molar-refractivity contribution in [2.24, 2.45) is 0 Å². The van der Waals surface area contributed by atoms with Gasteiger partial charge < -0.3 is 15.4 Å². The quantitative estimate of drug-likeness (QED) is 0.656. The van der Waals surface area contributed by atoms with E-state index >= 15 is 0 Å². The van der Waals surface area contributed by atoms with Crippen molar-refractivity contribution >= 4 is 23.4 Å². The minimum atomic E-state index is -0.357. The van der Waals surface area contributed by atoms with Crippen molar-refractivity contribution in [3.8, 4) is 5.82 Å². The molecule has 2 aromatic rings.